The van der Waals surface area contributed by atoms with E-state index in [-0.39, 0.29) is 19.4 Å². The Morgan fingerprint density at radius 2 is 1.39 bits per heavy atom. The summed E-state index contributed by atoms with van der Waals surface area (Å²) < 4.78 is 32.5. The molecule has 0 aliphatic rings. The molecule has 5 heteroatoms. The van der Waals surface area contributed by atoms with Crippen LogP contribution in [0.4, 0.5) is 8.78 Å². The van der Waals surface area contributed by atoms with Gasteiger partial charge < -0.3 is 4.74 Å². The Balaban J connectivity index is 1.65. The van der Waals surface area contributed by atoms with Gasteiger partial charge in [0, 0.05) is 30.8 Å². The number of aryl methyl sites for hydroxylation is 1. The van der Waals surface area contributed by atoms with E-state index in [9.17, 15) is 8.78 Å². The summed E-state index contributed by atoms with van der Waals surface area (Å²) in [5.74, 6) is 1.36. The van der Waals surface area contributed by atoms with Gasteiger partial charge in [0.15, 0.2) is 5.82 Å². The van der Waals surface area contributed by atoms with Gasteiger partial charge in [-0.25, -0.2) is 18.7 Å². The molecule has 0 aliphatic heterocycles. The Hall–Kier alpha value is -2.04. The number of aromatic nitrogens is 2. The maximum atomic E-state index is 13.7. The average molecular weight is 461 g/mol. The van der Waals surface area contributed by atoms with E-state index in [2.05, 4.69) is 16.9 Å². The topological polar surface area (TPSA) is 35.0 Å². The SMILES string of the molecule is CCCCCCCCCCCc1cnc(-c2ccc(OCCC(F)CC(F)CC)cc2)nc1. The molecule has 0 amide bonds. The van der Waals surface area contributed by atoms with Crippen LogP contribution in [0.3, 0.4) is 0 Å². The zero-order valence-corrected chi connectivity index (χ0v) is 20.6. The van der Waals surface area contributed by atoms with E-state index in [0.29, 0.717) is 18.0 Å². The smallest absolute Gasteiger partial charge is 0.159 e. The second-order valence-corrected chi connectivity index (χ2v) is 8.99. The van der Waals surface area contributed by atoms with Crippen LogP contribution in [0.25, 0.3) is 11.4 Å². The first-order valence-electron chi connectivity index (χ1n) is 12.9. The van der Waals surface area contributed by atoms with E-state index in [1.54, 1.807) is 6.92 Å². The molecule has 0 fully saturated rings. The van der Waals surface area contributed by atoms with Gasteiger partial charge in [-0.2, -0.15) is 0 Å². The number of halogens is 2. The van der Waals surface area contributed by atoms with Crippen molar-refractivity contribution in [1.29, 1.82) is 0 Å². The van der Waals surface area contributed by atoms with Crippen molar-refractivity contribution in [3.63, 3.8) is 0 Å². The van der Waals surface area contributed by atoms with E-state index in [4.69, 9.17) is 4.74 Å². The van der Waals surface area contributed by atoms with Crippen molar-refractivity contribution in [3.05, 3.63) is 42.2 Å². The molecule has 2 aromatic rings. The summed E-state index contributed by atoms with van der Waals surface area (Å²) in [5.41, 5.74) is 2.10. The molecular formula is C28H42F2N2O. The van der Waals surface area contributed by atoms with Crippen LogP contribution in [-0.2, 0) is 6.42 Å². The predicted molar refractivity (Wildman–Crippen MR) is 133 cm³/mol. The number of ether oxygens (including phenoxy) is 1. The van der Waals surface area contributed by atoms with Gasteiger partial charge in [-0.15, -0.1) is 0 Å². The van der Waals surface area contributed by atoms with E-state index in [1.165, 1.54) is 63.4 Å². The summed E-state index contributed by atoms with van der Waals surface area (Å²) in [6.07, 6.45) is 15.1. The fourth-order valence-electron chi connectivity index (χ4n) is 3.84. The van der Waals surface area contributed by atoms with Crippen LogP contribution in [0, 0.1) is 0 Å². The Bertz CT molecular complexity index is 737. The van der Waals surface area contributed by atoms with E-state index in [0.717, 1.165) is 12.0 Å². The summed E-state index contributed by atoms with van der Waals surface area (Å²) >= 11 is 0. The van der Waals surface area contributed by atoms with Gasteiger partial charge in [0.2, 0.25) is 0 Å². The highest BCUT2D eigenvalue weighted by Crippen LogP contribution is 2.21. The number of hydrogen-bond donors (Lipinski definition) is 0. The predicted octanol–water partition coefficient (Wildman–Crippen LogP) is 8.46. The lowest BCUT2D eigenvalue weighted by atomic mass is 10.1. The summed E-state index contributed by atoms with van der Waals surface area (Å²) in [7, 11) is 0. The molecule has 0 aliphatic carbocycles. The molecule has 3 nitrogen and oxygen atoms in total. The first-order chi connectivity index (χ1) is 16.1. The molecule has 0 radical (unpaired) electrons. The molecule has 2 rings (SSSR count). The average Bonchev–Trinajstić information content (AvgIpc) is 2.84. The van der Waals surface area contributed by atoms with Crippen LogP contribution in [0.15, 0.2) is 36.7 Å². The van der Waals surface area contributed by atoms with Gasteiger partial charge in [-0.1, -0.05) is 65.2 Å². The quantitative estimate of drug-likeness (QED) is 0.209. The highest BCUT2D eigenvalue weighted by Gasteiger charge is 2.13. The fourth-order valence-corrected chi connectivity index (χ4v) is 3.84. The molecule has 0 spiro atoms. The summed E-state index contributed by atoms with van der Waals surface area (Å²) in [6, 6.07) is 7.50. The number of alkyl halides is 2. The molecule has 0 saturated carbocycles. The molecule has 2 atom stereocenters. The van der Waals surface area contributed by atoms with Crippen molar-refractivity contribution in [2.24, 2.45) is 0 Å². The van der Waals surface area contributed by atoms with Crippen molar-refractivity contribution >= 4 is 0 Å². The number of rotatable bonds is 18. The molecule has 1 aromatic heterocycles. The molecular weight excluding hydrogens is 418 g/mol. The van der Waals surface area contributed by atoms with Crippen LogP contribution in [0.5, 0.6) is 5.75 Å². The normalized spacial score (nSPS) is 13.1. The Morgan fingerprint density at radius 3 is 2.00 bits per heavy atom. The third-order valence-corrected chi connectivity index (χ3v) is 6.04. The van der Waals surface area contributed by atoms with Crippen LogP contribution >= 0.6 is 0 Å². The van der Waals surface area contributed by atoms with Crippen molar-refractivity contribution < 1.29 is 13.5 Å². The van der Waals surface area contributed by atoms with Gasteiger partial charge >= 0.3 is 0 Å². The first kappa shape index (κ1) is 27.2. The standard InChI is InChI=1S/C28H42F2N2O/c1-3-5-6-7-8-9-10-11-12-13-23-21-31-28(32-22-23)24-14-16-27(17-15-24)33-19-18-26(30)20-25(29)4-2/h14-17,21-22,25-26H,3-13,18-20H2,1-2H3. The van der Waals surface area contributed by atoms with E-state index in [1.807, 2.05) is 36.7 Å². The molecule has 2 unspecified atom stereocenters. The molecule has 0 saturated heterocycles. The first-order valence-corrected chi connectivity index (χ1v) is 12.9. The van der Waals surface area contributed by atoms with Crippen molar-refractivity contribution in [2.45, 2.75) is 110 Å². The molecule has 0 N–H and O–H groups in total. The van der Waals surface area contributed by atoms with Gasteiger partial charge in [0.05, 0.1) is 6.61 Å². The third kappa shape index (κ3) is 11.6. The van der Waals surface area contributed by atoms with Crippen molar-refractivity contribution in [2.75, 3.05) is 6.61 Å². The minimum Gasteiger partial charge on any atom is -0.493 e. The molecule has 0 bridgehead atoms. The lowest BCUT2D eigenvalue weighted by Gasteiger charge is -2.12. The maximum absolute atomic E-state index is 13.7. The minimum absolute atomic E-state index is 0.0503. The Kier molecular flexibility index (Phi) is 13.6. The third-order valence-electron chi connectivity index (χ3n) is 6.04. The molecule has 184 valence electrons. The van der Waals surface area contributed by atoms with Crippen LogP contribution in [0.2, 0.25) is 0 Å². The van der Waals surface area contributed by atoms with Gasteiger partial charge in [0.25, 0.3) is 0 Å². The van der Waals surface area contributed by atoms with Gasteiger partial charge in [0.1, 0.15) is 18.1 Å². The lowest BCUT2D eigenvalue weighted by molar-refractivity contribution is 0.179. The van der Waals surface area contributed by atoms with Crippen LogP contribution in [-0.4, -0.2) is 28.9 Å². The summed E-state index contributed by atoms with van der Waals surface area (Å²) in [4.78, 5) is 9.04. The highest BCUT2D eigenvalue weighted by molar-refractivity contribution is 5.55. The molecule has 33 heavy (non-hydrogen) atoms. The van der Waals surface area contributed by atoms with Gasteiger partial charge in [-0.3, -0.25) is 0 Å². The van der Waals surface area contributed by atoms with Crippen LogP contribution in [0.1, 0.15) is 96.5 Å². The second-order valence-electron chi connectivity index (χ2n) is 8.99. The number of hydrogen-bond acceptors (Lipinski definition) is 3. The molecule has 1 aromatic carbocycles. The highest BCUT2D eigenvalue weighted by atomic mass is 19.1. The fraction of sp³-hybridized carbons (Fsp3) is 0.643. The van der Waals surface area contributed by atoms with Crippen molar-refractivity contribution in [1.82, 2.24) is 9.97 Å². The second kappa shape index (κ2) is 16.6. The largest absolute Gasteiger partial charge is 0.493 e. The Labute approximate surface area is 199 Å². The number of nitrogens with zero attached hydrogens (tertiary/aromatic N) is 2. The summed E-state index contributed by atoms with van der Waals surface area (Å²) in [5, 5.41) is 0. The van der Waals surface area contributed by atoms with Crippen LogP contribution < -0.4 is 4.74 Å². The van der Waals surface area contributed by atoms with Crippen molar-refractivity contribution in [3.8, 4) is 17.1 Å². The zero-order valence-electron chi connectivity index (χ0n) is 20.6. The number of unbranched alkanes of at least 4 members (excludes halogenated alkanes) is 8. The maximum Gasteiger partial charge on any atom is 0.159 e. The molecule has 1 heterocycles. The van der Waals surface area contributed by atoms with Gasteiger partial charge in [-0.05, 0) is 49.1 Å². The minimum atomic E-state index is -1.17. The summed E-state index contributed by atoms with van der Waals surface area (Å²) in [6.45, 7) is 4.22. The van der Waals surface area contributed by atoms with E-state index < -0.39 is 12.3 Å². The van der Waals surface area contributed by atoms with E-state index >= 15 is 0 Å². The number of benzene rings is 1. The lowest BCUT2D eigenvalue weighted by Crippen LogP contribution is -2.13. The monoisotopic (exact) mass is 460 g/mol. The Morgan fingerprint density at radius 1 is 0.788 bits per heavy atom. The zero-order chi connectivity index (χ0) is 23.7.